The highest BCUT2D eigenvalue weighted by atomic mass is 32.2. The highest BCUT2D eigenvalue weighted by molar-refractivity contribution is 7.92. The molecule has 30 heavy (non-hydrogen) atoms. The number of carbonyl (C=O) groups excluding carboxylic acids is 1. The number of carbonyl (C=O) groups is 1. The van der Waals surface area contributed by atoms with Crippen LogP contribution in [0, 0.1) is 5.82 Å². The topological polar surface area (TPSA) is 91.4 Å². The van der Waals surface area contributed by atoms with Crippen molar-refractivity contribution in [2.75, 3.05) is 29.0 Å². The fourth-order valence-electron chi connectivity index (χ4n) is 3.18. The van der Waals surface area contributed by atoms with E-state index in [-0.39, 0.29) is 18.1 Å². The molecule has 3 rings (SSSR count). The van der Waals surface area contributed by atoms with Crippen molar-refractivity contribution >= 4 is 33.5 Å². The number of nitrogens with zero attached hydrogens (tertiary/aromatic N) is 2. The van der Waals surface area contributed by atoms with E-state index in [9.17, 15) is 17.6 Å². The summed E-state index contributed by atoms with van der Waals surface area (Å²) in [6, 6.07) is 7.93. The highest BCUT2D eigenvalue weighted by Crippen LogP contribution is 2.18. The van der Waals surface area contributed by atoms with E-state index in [4.69, 9.17) is 0 Å². The molecular formula is C21H25FN4O3S. The first-order chi connectivity index (χ1) is 14.3. The number of hydrogen-bond donors (Lipinski definition) is 2. The third kappa shape index (κ3) is 6.55. The highest BCUT2D eigenvalue weighted by Gasteiger charge is 2.11. The van der Waals surface area contributed by atoms with Crippen LogP contribution in [0.2, 0.25) is 0 Å². The number of sulfonamides is 1. The number of amides is 1. The molecule has 0 unspecified atom stereocenters. The van der Waals surface area contributed by atoms with Gasteiger partial charge in [-0.15, -0.1) is 0 Å². The van der Waals surface area contributed by atoms with Crippen LogP contribution in [0.3, 0.4) is 0 Å². The summed E-state index contributed by atoms with van der Waals surface area (Å²) in [6.45, 7) is 2.17. The third-order valence-electron chi connectivity index (χ3n) is 4.67. The summed E-state index contributed by atoms with van der Waals surface area (Å²) < 4.78 is 38.5. The molecule has 1 amide bonds. The molecule has 2 N–H and O–H groups in total. The Morgan fingerprint density at radius 1 is 1.20 bits per heavy atom. The third-order valence-corrected chi connectivity index (χ3v) is 5.26. The Labute approximate surface area is 176 Å². The number of anilines is 2. The first-order valence-electron chi connectivity index (χ1n) is 9.73. The zero-order chi connectivity index (χ0) is 21.6. The zero-order valence-corrected chi connectivity index (χ0v) is 17.6. The summed E-state index contributed by atoms with van der Waals surface area (Å²) in [5, 5.41) is 2.67. The number of pyridine rings is 1. The lowest BCUT2D eigenvalue weighted by molar-refractivity contribution is -0.116. The molecule has 2 aromatic rings. The Hall–Kier alpha value is -2.94. The summed E-state index contributed by atoms with van der Waals surface area (Å²) in [5.74, 6) is -0.0800. The van der Waals surface area contributed by atoms with Gasteiger partial charge in [0.15, 0.2) is 0 Å². The van der Waals surface area contributed by atoms with Crippen LogP contribution in [-0.4, -0.2) is 38.7 Å². The van der Waals surface area contributed by atoms with E-state index in [2.05, 4.69) is 19.9 Å². The van der Waals surface area contributed by atoms with Crippen LogP contribution in [0.25, 0.3) is 6.08 Å². The molecule has 0 atom stereocenters. The van der Waals surface area contributed by atoms with E-state index < -0.39 is 15.8 Å². The molecule has 1 saturated heterocycles. The minimum absolute atomic E-state index is 0.116. The van der Waals surface area contributed by atoms with Gasteiger partial charge in [0.1, 0.15) is 11.6 Å². The maximum atomic E-state index is 14.0. The molecule has 0 aliphatic carbocycles. The first-order valence-corrected chi connectivity index (χ1v) is 11.6. The fourth-order valence-corrected chi connectivity index (χ4v) is 3.74. The number of benzene rings is 1. The molecule has 1 fully saturated rings. The van der Waals surface area contributed by atoms with E-state index in [1.54, 1.807) is 18.3 Å². The minimum Gasteiger partial charge on any atom is -0.357 e. The largest absolute Gasteiger partial charge is 0.357 e. The number of hydrogen-bond acceptors (Lipinski definition) is 5. The lowest BCUT2D eigenvalue weighted by atomic mass is 10.1. The van der Waals surface area contributed by atoms with Gasteiger partial charge in [-0.2, -0.15) is 0 Å². The van der Waals surface area contributed by atoms with Gasteiger partial charge in [0.2, 0.25) is 15.9 Å². The summed E-state index contributed by atoms with van der Waals surface area (Å²) in [5.41, 5.74) is 1.20. The molecule has 0 radical (unpaired) electrons. The maximum absolute atomic E-state index is 14.0. The Bertz CT molecular complexity index is 1020. The molecule has 0 bridgehead atoms. The van der Waals surface area contributed by atoms with E-state index in [1.165, 1.54) is 37.5 Å². The van der Waals surface area contributed by atoms with Gasteiger partial charge in [-0.1, -0.05) is 6.07 Å². The van der Waals surface area contributed by atoms with Crippen molar-refractivity contribution < 1.29 is 17.6 Å². The zero-order valence-electron chi connectivity index (χ0n) is 16.8. The van der Waals surface area contributed by atoms with E-state index in [0.717, 1.165) is 30.7 Å². The average Bonchev–Trinajstić information content (AvgIpc) is 2.72. The van der Waals surface area contributed by atoms with Crippen molar-refractivity contribution in [2.24, 2.45) is 0 Å². The summed E-state index contributed by atoms with van der Waals surface area (Å²) in [4.78, 5) is 18.8. The molecule has 1 aromatic carbocycles. The van der Waals surface area contributed by atoms with Crippen molar-refractivity contribution in [2.45, 2.75) is 25.8 Å². The number of aromatic nitrogens is 1. The van der Waals surface area contributed by atoms with Gasteiger partial charge in [0.05, 0.1) is 11.9 Å². The van der Waals surface area contributed by atoms with Crippen molar-refractivity contribution in [1.82, 2.24) is 10.3 Å². The second-order valence-corrected chi connectivity index (χ2v) is 8.99. The Balaban J connectivity index is 1.51. The number of halogens is 1. The lowest BCUT2D eigenvalue weighted by Gasteiger charge is -2.27. The Kier molecular flexibility index (Phi) is 7.04. The van der Waals surface area contributed by atoms with Crippen molar-refractivity contribution in [1.29, 1.82) is 0 Å². The summed E-state index contributed by atoms with van der Waals surface area (Å²) in [6.07, 6.45) is 9.38. The molecule has 9 heteroatoms. The van der Waals surface area contributed by atoms with Gasteiger partial charge in [-0.05, 0) is 60.7 Å². The second-order valence-electron chi connectivity index (χ2n) is 7.24. The molecule has 0 saturated carbocycles. The van der Waals surface area contributed by atoms with Gasteiger partial charge < -0.3 is 10.2 Å². The molecule has 1 aliphatic rings. The Morgan fingerprint density at radius 3 is 2.60 bits per heavy atom. The number of nitrogens with one attached hydrogen (secondary N) is 2. The molecule has 1 aromatic heterocycles. The van der Waals surface area contributed by atoms with E-state index in [0.29, 0.717) is 5.56 Å². The second kappa shape index (κ2) is 9.71. The van der Waals surface area contributed by atoms with Crippen molar-refractivity contribution in [3.05, 3.63) is 59.5 Å². The quantitative estimate of drug-likeness (QED) is 0.657. The van der Waals surface area contributed by atoms with Crippen LogP contribution in [0.5, 0.6) is 0 Å². The normalized spacial score (nSPS) is 14.7. The van der Waals surface area contributed by atoms with E-state index >= 15 is 0 Å². The van der Waals surface area contributed by atoms with Crippen LogP contribution in [-0.2, 0) is 21.4 Å². The predicted molar refractivity (Wildman–Crippen MR) is 116 cm³/mol. The van der Waals surface area contributed by atoms with Gasteiger partial charge in [0, 0.05) is 31.9 Å². The summed E-state index contributed by atoms with van der Waals surface area (Å²) >= 11 is 0. The van der Waals surface area contributed by atoms with Gasteiger partial charge in [-0.3, -0.25) is 9.52 Å². The van der Waals surface area contributed by atoms with Crippen LogP contribution in [0.1, 0.15) is 30.4 Å². The van der Waals surface area contributed by atoms with Gasteiger partial charge in [-0.25, -0.2) is 17.8 Å². The predicted octanol–water partition coefficient (Wildman–Crippen LogP) is 2.91. The fraction of sp³-hybridized carbons (Fsp3) is 0.333. The molecular weight excluding hydrogens is 407 g/mol. The molecule has 160 valence electrons. The number of piperidine rings is 1. The van der Waals surface area contributed by atoms with Crippen LogP contribution >= 0.6 is 0 Å². The monoisotopic (exact) mass is 432 g/mol. The van der Waals surface area contributed by atoms with Crippen LogP contribution in [0.4, 0.5) is 15.9 Å². The van der Waals surface area contributed by atoms with Crippen molar-refractivity contribution in [3.63, 3.8) is 0 Å². The minimum atomic E-state index is -3.56. The standard InChI is InChI=1S/C21H25FN4O3S/c1-30(28,29)25-19-8-5-17(13-18(19)22)15-24-21(27)10-7-16-6-9-20(23-14-16)26-11-3-2-4-12-26/h5-10,13-14,25H,2-4,11-12,15H2,1H3,(H,24,27). The molecule has 7 nitrogen and oxygen atoms in total. The number of rotatable bonds is 7. The smallest absolute Gasteiger partial charge is 0.244 e. The molecule has 1 aliphatic heterocycles. The van der Waals surface area contributed by atoms with Crippen LogP contribution in [0.15, 0.2) is 42.6 Å². The summed E-state index contributed by atoms with van der Waals surface area (Å²) in [7, 11) is -3.56. The SMILES string of the molecule is CS(=O)(=O)Nc1ccc(CNC(=O)C=Cc2ccc(N3CCCCC3)nc2)cc1F. The Morgan fingerprint density at radius 2 is 1.97 bits per heavy atom. The van der Waals surface area contributed by atoms with Gasteiger partial charge >= 0.3 is 0 Å². The van der Waals surface area contributed by atoms with E-state index in [1.807, 2.05) is 12.1 Å². The first kappa shape index (κ1) is 21.8. The van der Waals surface area contributed by atoms with Crippen molar-refractivity contribution in [3.8, 4) is 0 Å². The average molecular weight is 433 g/mol. The van der Waals surface area contributed by atoms with Gasteiger partial charge in [0.25, 0.3) is 0 Å². The molecule has 0 spiro atoms. The maximum Gasteiger partial charge on any atom is 0.244 e. The molecule has 2 heterocycles. The van der Waals surface area contributed by atoms with Crippen LogP contribution < -0.4 is 14.9 Å². The lowest BCUT2D eigenvalue weighted by Crippen LogP contribution is -2.29.